The Hall–Kier alpha value is -2.84. The minimum atomic E-state index is -4.71. The molecule has 0 aliphatic heterocycles. The van der Waals surface area contributed by atoms with Crippen molar-refractivity contribution >= 4 is 23.2 Å². The van der Waals surface area contributed by atoms with Gasteiger partial charge in [-0.25, -0.2) is 0 Å². The summed E-state index contributed by atoms with van der Waals surface area (Å²) in [6.07, 6.45) is -3.42. The number of halogens is 3. The molecule has 6 nitrogen and oxygen atoms in total. The molecule has 0 aliphatic carbocycles. The molecule has 0 atom stereocenters. The molecule has 0 aliphatic rings. The highest BCUT2D eigenvalue weighted by atomic mass is 19.4. The Morgan fingerprint density at radius 3 is 2.04 bits per heavy atom. The van der Waals surface area contributed by atoms with Crippen molar-refractivity contribution in [2.45, 2.75) is 46.3 Å². The molecule has 2 N–H and O–H groups in total. The fourth-order valence-corrected chi connectivity index (χ4v) is 2.62. The van der Waals surface area contributed by atoms with E-state index in [0.29, 0.717) is 17.8 Å². The van der Waals surface area contributed by atoms with Crippen LogP contribution >= 0.6 is 0 Å². The molecule has 2 amide bonds. The minimum Gasteiger partial charge on any atom is -0.326 e. The molecule has 0 saturated carbocycles. The lowest BCUT2D eigenvalue weighted by Gasteiger charge is -2.15. The predicted octanol–water partition coefficient (Wildman–Crippen LogP) is 4.72. The molecule has 0 bridgehead atoms. The maximum Gasteiger partial charge on any atom is 0.433 e. The normalized spacial score (nSPS) is 11.8. The number of nitrogens with zero attached hydrogens (tertiary/aromatic N) is 2. The number of carbonyl (C=O) groups is 2. The van der Waals surface area contributed by atoms with Gasteiger partial charge in [-0.3, -0.25) is 14.3 Å². The lowest BCUT2D eigenvalue weighted by atomic mass is 10.1. The first-order valence-corrected chi connectivity index (χ1v) is 8.85. The highest BCUT2D eigenvalue weighted by molar-refractivity contribution is 6.05. The van der Waals surface area contributed by atoms with E-state index in [1.807, 2.05) is 13.8 Å². The van der Waals surface area contributed by atoms with Crippen LogP contribution in [0.3, 0.4) is 0 Å². The van der Waals surface area contributed by atoms with E-state index < -0.39 is 29.4 Å². The lowest BCUT2D eigenvalue weighted by Crippen LogP contribution is -2.22. The number of hydrogen-bond acceptors (Lipinski definition) is 3. The number of anilines is 2. The third kappa shape index (κ3) is 5.34. The zero-order valence-corrected chi connectivity index (χ0v) is 16.1. The van der Waals surface area contributed by atoms with Crippen LogP contribution in [0.5, 0.6) is 0 Å². The van der Waals surface area contributed by atoms with Gasteiger partial charge in [0.15, 0.2) is 5.69 Å². The van der Waals surface area contributed by atoms with Crippen molar-refractivity contribution in [3.63, 3.8) is 0 Å². The van der Waals surface area contributed by atoms with Gasteiger partial charge >= 0.3 is 6.18 Å². The standard InChI is InChI=1S/C19H23F3N4O2/c1-11(2)9-16(27)24-13-5-7-14(8-6-13)25-18(28)15-10-23-26(12(3)4)17(15)19(20,21)22/h5-8,10-12H,9H2,1-4H3,(H,24,27)(H,25,28). The van der Waals surface area contributed by atoms with Crippen LogP contribution in [0, 0.1) is 5.92 Å². The minimum absolute atomic E-state index is 0.136. The summed E-state index contributed by atoms with van der Waals surface area (Å²) >= 11 is 0. The molecule has 0 unspecified atom stereocenters. The van der Waals surface area contributed by atoms with Gasteiger partial charge in [0.05, 0.1) is 11.8 Å². The Balaban J connectivity index is 2.15. The second kappa shape index (κ2) is 8.45. The summed E-state index contributed by atoms with van der Waals surface area (Å²) < 4.78 is 40.9. The number of aromatic nitrogens is 2. The van der Waals surface area contributed by atoms with Crippen LogP contribution in [0.15, 0.2) is 30.5 Å². The van der Waals surface area contributed by atoms with E-state index in [-0.39, 0.29) is 11.8 Å². The lowest BCUT2D eigenvalue weighted by molar-refractivity contribution is -0.145. The number of rotatable bonds is 6. The van der Waals surface area contributed by atoms with E-state index in [4.69, 9.17) is 0 Å². The Kier molecular flexibility index (Phi) is 6.48. The summed E-state index contributed by atoms with van der Waals surface area (Å²) in [6, 6.07) is 5.59. The summed E-state index contributed by atoms with van der Waals surface area (Å²) in [5.74, 6) is -0.827. The van der Waals surface area contributed by atoms with Crippen LogP contribution in [-0.2, 0) is 11.0 Å². The topological polar surface area (TPSA) is 76.0 Å². The van der Waals surface area contributed by atoms with Crippen molar-refractivity contribution in [2.24, 2.45) is 5.92 Å². The molecule has 28 heavy (non-hydrogen) atoms. The quantitative estimate of drug-likeness (QED) is 0.742. The van der Waals surface area contributed by atoms with Gasteiger partial charge in [0.25, 0.3) is 5.91 Å². The maximum atomic E-state index is 13.4. The van der Waals surface area contributed by atoms with Gasteiger partial charge in [-0.15, -0.1) is 0 Å². The highest BCUT2D eigenvalue weighted by Gasteiger charge is 2.40. The first-order valence-electron chi connectivity index (χ1n) is 8.85. The number of nitrogens with one attached hydrogen (secondary N) is 2. The summed E-state index contributed by atoms with van der Waals surface area (Å²) in [6.45, 7) is 6.95. The Bertz CT molecular complexity index is 840. The molecule has 2 aromatic rings. The first kappa shape index (κ1) is 21.5. The van der Waals surface area contributed by atoms with Crippen LogP contribution in [-0.4, -0.2) is 21.6 Å². The van der Waals surface area contributed by atoms with E-state index in [9.17, 15) is 22.8 Å². The monoisotopic (exact) mass is 396 g/mol. The van der Waals surface area contributed by atoms with Crippen molar-refractivity contribution in [1.29, 1.82) is 0 Å². The van der Waals surface area contributed by atoms with Gasteiger partial charge in [-0.05, 0) is 44.0 Å². The summed E-state index contributed by atoms with van der Waals surface area (Å²) in [4.78, 5) is 24.1. The van der Waals surface area contributed by atoms with Gasteiger partial charge < -0.3 is 10.6 Å². The van der Waals surface area contributed by atoms with Gasteiger partial charge in [0.2, 0.25) is 5.91 Å². The van der Waals surface area contributed by atoms with Crippen molar-refractivity contribution in [3.8, 4) is 0 Å². The highest BCUT2D eigenvalue weighted by Crippen LogP contribution is 2.34. The van der Waals surface area contributed by atoms with E-state index in [0.717, 1.165) is 10.9 Å². The average Bonchev–Trinajstić information content (AvgIpc) is 3.01. The molecule has 1 aromatic heterocycles. The smallest absolute Gasteiger partial charge is 0.326 e. The number of alkyl halides is 3. The molecule has 0 radical (unpaired) electrons. The number of benzene rings is 1. The molecule has 2 rings (SSSR count). The second-order valence-corrected chi connectivity index (χ2v) is 7.12. The average molecular weight is 396 g/mol. The molecule has 0 spiro atoms. The SMILES string of the molecule is CC(C)CC(=O)Nc1ccc(NC(=O)c2cnn(C(C)C)c2C(F)(F)F)cc1. The molecule has 0 fully saturated rings. The molecular weight excluding hydrogens is 373 g/mol. The van der Waals surface area contributed by atoms with Crippen LogP contribution < -0.4 is 10.6 Å². The van der Waals surface area contributed by atoms with Crippen molar-refractivity contribution in [2.75, 3.05) is 10.6 Å². The predicted molar refractivity (Wildman–Crippen MR) is 100 cm³/mol. The van der Waals surface area contributed by atoms with Crippen LogP contribution in [0.2, 0.25) is 0 Å². The van der Waals surface area contributed by atoms with E-state index in [1.165, 1.54) is 12.1 Å². The van der Waals surface area contributed by atoms with Crippen molar-refractivity contribution < 1.29 is 22.8 Å². The molecule has 9 heteroatoms. The Morgan fingerprint density at radius 2 is 1.57 bits per heavy atom. The summed E-state index contributed by atoms with van der Waals surface area (Å²) in [5.41, 5.74) is -0.794. The summed E-state index contributed by atoms with van der Waals surface area (Å²) in [7, 11) is 0. The molecule has 1 heterocycles. The fourth-order valence-electron chi connectivity index (χ4n) is 2.62. The van der Waals surface area contributed by atoms with Gasteiger partial charge in [-0.1, -0.05) is 13.8 Å². The van der Waals surface area contributed by atoms with E-state index in [2.05, 4.69) is 15.7 Å². The van der Waals surface area contributed by atoms with Gasteiger partial charge in [0.1, 0.15) is 0 Å². The Morgan fingerprint density at radius 1 is 1.04 bits per heavy atom. The maximum absolute atomic E-state index is 13.4. The van der Waals surface area contributed by atoms with Gasteiger partial charge in [-0.2, -0.15) is 18.3 Å². The van der Waals surface area contributed by atoms with E-state index >= 15 is 0 Å². The number of carbonyl (C=O) groups excluding carboxylic acids is 2. The largest absolute Gasteiger partial charge is 0.433 e. The number of amides is 2. The first-order chi connectivity index (χ1) is 13.0. The summed E-state index contributed by atoms with van der Waals surface area (Å²) in [5, 5.41) is 8.85. The van der Waals surface area contributed by atoms with Crippen LogP contribution in [0.1, 0.15) is 56.2 Å². The Labute approximate surface area is 161 Å². The zero-order chi connectivity index (χ0) is 21.1. The van der Waals surface area contributed by atoms with Crippen molar-refractivity contribution in [3.05, 3.63) is 41.7 Å². The molecule has 1 aromatic carbocycles. The van der Waals surface area contributed by atoms with E-state index in [1.54, 1.807) is 26.0 Å². The van der Waals surface area contributed by atoms with Crippen LogP contribution in [0.25, 0.3) is 0 Å². The molecular formula is C19H23F3N4O2. The molecule has 152 valence electrons. The number of hydrogen-bond donors (Lipinski definition) is 2. The third-order valence-electron chi connectivity index (χ3n) is 3.82. The van der Waals surface area contributed by atoms with Crippen LogP contribution in [0.4, 0.5) is 24.5 Å². The second-order valence-electron chi connectivity index (χ2n) is 7.12. The fraction of sp³-hybridized carbons (Fsp3) is 0.421. The zero-order valence-electron chi connectivity index (χ0n) is 16.1. The van der Waals surface area contributed by atoms with Crippen molar-refractivity contribution in [1.82, 2.24) is 9.78 Å². The molecule has 0 saturated heterocycles. The van der Waals surface area contributed by atoms with Gasteiger partial charge in [0, 0.05) is 23.8 Å². The third-order valence-corrected chi connectivity index (χ3v) is 3.82.